The van der Waals surface area contributed by atoms with E-state index in [1.165, 1.54) is 0 Å². The van der Waals surface area contributed by atoms with Gasteiger partial charge in [-0.1, -0.05) is 121 Å². The smallest absolute Gasteiger partial charge is 0.338 e. The Morgan fingerprint density at radius 3 is 0.667 bits per heavy atom. The monoisotopic (exact) mass is 1260 g/mol. The van der Waals surface area contributed by atoms with E-state index in [0.717, 1.165) is 43.1 Å². The van der Waals surface area contributed by atoms with Gasteiger partial charge in [0.25, 0.3) is 0 Å². The van der Waals surface area contributed by atoms with Gasteiger partial charge in [-0.2, -0.15) is 0 Å². The molecule has 0 N–H and O–H groups in total. The fourth-order valence-electron chi connectivity index (χ4n) is 12.0. The minimum atomic E-state index is -0.554. The molecule has 7 aliphatic heterocycles. The molecule has 0 spiro atoms. The van der Waals surface area contributed by atoms with Gasteiger partial charge in [0.05, 0.1) is 50.7 Å². The van der Waals surface area contributed by atoms with E-state index in [1.54, 1.807) is 126 Å². The van der Waals surface area contributed by atoms with Crippen LogP contribution in [0.4, 0.5) is 0 Å². The molecule has 96 heavy (non-hydrogen) atoms. The van der Waals surface area contributed by atoms with Crippen molar-refractivity contribution in [3.05, 3.63) is 285 Å². The van der Waals surface area contributed by atoms with E-state index in [2.05, 4.69) is 47.4 Å². The number of ether oxygens (including phenoxy) is 8. The summed E-state index contributed by atoms with van der Waals surface area (Å²) in [7, 11) is 6.30. The number of carbonyl (C=O) groups is 4. The Hall–Kier alpha value is -13.0. The number of hydrogen-bond donors (Lipinski definition) is 0. The van der Waals surface area contributed by atoms with E-state index in [-0.39, 0.29) is 26.4 Å². The SMILES string of the molecule is COc1c2cc3ccccc3c1-c1c(OC)c(cc3ccccc13)COC(=O)c1ccc(cc1)C#CC#Cc1ccc(cc1)C(=O)OCc1cc3ccccc3c(c1OC)-c1c(OC)c(cc3ccccc13)COC(=O)c1ccc(cc1)C#CC#Cc1ccc(cc1)C(=O)OC2. The lowest BCUT2D eigenvalue weighted by atomic mass is 9.89. The number of esters is 4. The Kier molecular flexibility index (Phi) is 17.9. The van der Waals surface area contributed by atoms with Crippen molar-refractivity contribution in [1.82, 2.24) is 0 Å². The third-order valence-electron chi connectivity index (χ3n) is 16.5. The molecule has 7 aliphatic rings. The molecule has 0 aliphatic carbocycles. The molecule has 12 nitrogen and oxygen atoms in total. The topological polar surface area (TPSA) is 142 Å². The van der Waals surface area contributed by atoms with E-state index in [1.807, 2.05) is 121 Å². The van der Waals surface area contributed by atoms with Crippen LogP contribution in [-0.4, -0.2) is 52.3 Å². The van der Waals surface area contributed by atoms with Crippen molar-refractivity contribution in [2.24, 2.45) is 0 Å². The molecule has 12 heteroatoms. The first-order chi connectivity index (χ1) is 47.1. The van der Waals surface area contributed by atoms with Gasteiger partial charge in [-0.15, -0.1) is 0 Å². The van der Waals surface area contributed by atoms with Crippen LogP contribution in [0.2, 0.25) is 0 Å². The molecule has 0 saturated heterocycles. The summed E-state index contributed by atoms with van der Waals surface area (Å²) in [6.07, 6.45) is 0. The van der Waals surface area contributed by atoms with Gasteiger partial charge in [-0.05, 0) is 188 Å². The molecule has 0 saturated carbocycles. The quantitative estimate of drug-likeness (QED) is 0.0940. The summed E-state index contributed by atoms with van der Waals surface area (Å²) in [5.41, 5.74) is 9.01. The molecule has 0 radical (unpaired) electrons. The highest BCUT2D eigenvalue weighted by Gasteiger charge is 2.28. The summed E-state index contributed by atoms with van der Waals surface area (Å²) < 4.78 is 49.1. The van der Waals surface area contributed by atoms with Crippen LogP contribution >= 0.6 is 0 Å². The minimum Gasteiger partial charge on any atom is -0.496 e. The van der Waals surface area contributed by atoms with Crippen LogP contribution in [-0.2, 0) is 45.4 Å². The van der Waals surface area contributed by atoms with Gasteiger partial charge in [0.2, 0.25) is 0 Å². The van der Waals surface area contributed by atoms with Gasteiger partial charge in [0.15, 0.2) is 0 Å². The second-order valence-corrected chi connectivity index (χ2v) is 22.3. The number of hydrogen-bond acceptors (Lipinski definition) is 12. The van der Waals surface area contributed by atoms with Crippen LogP contribution < -0.4 is 18.9 Å². The maximum atomic E-state index is 13.8. The number of fused-ring (bicyclic) bond motifs is 4. The zero-order chi connectivity index (χ0) is 66.1. The van der Waals surface area contributed by atoms with Crippen molar-refractivity contribution < 1.29 is 57.1 Å². The van der Waals surface area contributed by atoms with Crippen LogP contribution in [0.1, 0.15) is 85.9 Å². The highest BCUT2D eigenvalue weighted by molar-refractivity contribution is 6.12. The van der Waals surface area contributed by atoms with E-state index in [0.29, 0.717) is 112 Å². The van der Waals surface area contributed by atoms with Gasteiger partial charge in [-0.25, -0.2) is 19.2 Å². The van der Waals surface area contributed by atoms with Crippen molar-refractivity contribution in [2.75, 3.05) is 28.4 Å². The average molecular weight is 1260 g/mol. The lowest BCUT2D eigenvalue weighted by molar-refractivity contribution is 0.0461. The number of rotatable bonds is 4. The molecule has 0 fully saturated rings. The lowest BCUT2D eigenvalue weighted by Crippen LogP contribution is -2.08. The Bertz CT molecular complexity index is 4690. The third kappa shape index (κ3) is 12.8. The Morgan fingerprint density at radius 1 is 0.271 bits per heavy atom. The molecule has 0 atom stereocenters. The molecular weight excluding hydrogens is 1200 g/mol. The molecule has 0 amide bonds. The second-order valence-electron chi connectivity index (χ2n) is 22.3. The largest absolute Gasteiger partial charge is 0.496 e. The van der Waals surface area contributed by atoms with Gasteiger partial charge in [0.1, 0.15) is 49.4 Å². The molecular formula is C84H56O12. The Morgan fingerprint density at radius 2 is 0.469 bits per heavy atom. The highest BCUT2D eigenvalue weighted by Crippen LogP contribution is 2.51. The molecule has 0 unspecified atom stereocenters. The summed E-state index contributed by atoms with van der Waals surface area (Å²) in [4.78, 5) is 55.1. The number of benzene rings is 12. The fraction of sp³-hybridized carbons (Fsp3) is 0.0952. The summed E-state index contributed by atoms with van der Waals surface area (Å²) >= 11 is 0. The van der Waals surface area contributed by atoms with E-state index in [4.69, 9.17) is 37.9 Å². The summed E-state index contributed by atoms with van der Waals surface area (Å²) in [5.74, 6) is 23.3. The predicted octanol–water partition coefficient (Wildman–Crippen LogP) is 16.2. The summed E-state index contributed by atoms with van der Waals surface area (Å²) in [6.45, 7) is -0.521. The van der Waals surface area contributed by atoms with Crippen LogP contribution in [0.3, 0.4) is 0 Å². The van der Waals surface area contributed by atoms with Crippen molar-refractivity contribution in [3.8, 4) is 92.6 Å². The molecule has 12 aromatic carbocycles. The maximum absolute atomic E-state index is 13.8. The van der Waals surface area contributed by atoms with Gasteiger partial charge < -0.3 is 37.9 Å². The third-order valence-corrected chi connectivity index (χ3v) is 16.5. The first-order valence-electron chi connectivity index (χ1n) is 30.6. The number of carbonyl (C=O) groups excluding carboxylic acids is 4. The van der Waals surface area contributed by atoms with E-state index < -0.39 is 23.9 Å². The van der Waals surface area contributed by atoms with Crippen LogP contribution in [0.15, 0.2) is 218 Å². The Balaban J connectivity index is 0.823. The summed E-state index contributed by atoms with van der Waals surface area (Å²) in [6, 6.07) is 66.2. The van der Waals surface area contributed by atoms with E-state index >= 15 is 0 Å². The first kappa shape index (κ1) is 61.8. The standard InChI is InChI=1S/C84H56O12/c1-89-77-65-45-61-21-9-13-25-69(61)73(77)74-70-26-14-10-22-62(70)46-66(78(74)90-2)50-94-82(86)58-39-31-54(32-40-58)19-7-8-20-56-35-43-60(44-36-56)84(88)96-52-68-48-64-24-12-16-28-72(64)76(80(68)92-4)75-71-27-15-11-23-63(71)47-67(79(75)91-3)51-95-83(87)59-41-33-55(34-42-59)18-6-5-17-53-29-37-57(38-30-53)81(85)93-49-65/h9-16,21-48H,49-52H2,1-4H3. The van der Waals surface area contributed by atoms with Crippen molar-refractivity contribution >= 4 is 67.0 Å². The van der Waals surface area contributed by atoms with E-state index in [9.17, 15) is 19.2 Å². The highest BCUT2D eigenvalue weighted by atomic mass is 16.5. The molecule has 0 aromatic heterocycles. The predicted molar refractivity (Wildman–Crippen MR) is 370 cm³/mol. The van der Waals surface area contributed by atoms with Crippen LogP contribution in [0.5, 0.6) is 23.0 Å². The molecule has 12 aromatic rings. The first-order valence-corrected chi connectivity index (χ1v) is 30.6. The molecule has 7 heterocycles. The zero-order valence-electron chi connectivity index (χ0n) is 52.5. The Labute approximate surface area is 553 Å². The van der Waals surface area contributed by atoms with Gasteiger partial charge in [-0.3, -0.25) is 0 Å². The summed E-state index contributed by atoms with van der Waals surface area (Å²) in [5, 5.41) is 6.88. The fourth-order valence-corrected chi connectivity index (χ4v) is 12.0. The van der Waals surface area contributed by atoms with Crippen LogP contribution in [0, 0.1) is 47.4 Å². The van der Waals surface area contributed by atoms with Gasteiger partial charge >= 0.3 is 23.9 Å². The van der Waals surface area contributed by atoms with Gasteiger partial charge in [0, 0.05) is 66.8 Å². The maximum Gasteiger partial charge on any atom is 0.338 e. The second kappa shape index (κ2) is 27.8. The normalized spacial score (nSPS) is 12.6. The zero-order valence-corrected chi connectivity index (χ0v) is 52.5. The van der Waals surface area contributed by atoms with Crippen LogP contribution in [0.25, 0.3) is 65.3 Å². The molecule has 19 rings (SSSR count). The minimum absolute atomic E-state index is 0.130. The van der Waals surface area contributed by atoms with Crippen molar-refractivity contribution in [2.45, 2.75) is 26.4 Å². The van der Waals surface area contributed by atoms with Crippen molar-refractivity contribution in [1.29, 1.82) is 0 Å². The lowest BCUT2D eigenvalue weighted by Gasteiger charge is -2.22. The van der Waals surface area contributed by atoms with Crippen molar-refractivity contribution in [3.63, 3.8) is 0 Å². The molecule has 16 bridgehead atoms. The average Bonchev–Trinajstić information content (AvgIpc) is 0.747. The number of methoxy groups -OCH3 is 4. The molecule has 464 valence electrons.